The number of fused-ring (bicyclic) bond motifs is 2. The third-order valence-corrected chi connectivity index (χ3v) is 15.4. The summed E-state index contributed by atoms with van der Waals surface area (Å²) >= 11 is 0. The van der Waals surface area contributed by atoms with E-state index in [1.165, 1.54) is 67.6 Å². The van der Waals surface area contributed by atoms with Gasteiger partial charge in [0, 0.05) is 22.1 Å². The number of aliphatic hydroxyl groups is 1. The Morgan fingerprint density at radius 1 is 0.469 bits per heavy atom. The molecule has 7 N–H and O–H groups in total. The summed E-state index contributed by atoms with van der Waals surface area (Å²) in [6, 6.07) is 38.7. The zero-order valence-electron chi connectivity index (χ0n) is 41.6. The zero-order valence-corrected chi connectivity index (χ0v) is 45.9. The van der Waals surface area contributed by atoms with Gasteiger partial charge >= 0.3 is 16.8 Å². The first-order chi connectivity index (χ1) is 37.7. The third kappa shape index (κ3) is 15.6. The maximum atomic E-state index is 13.2. The number of aliphatic hydroxyl groups excluding tert-OH is 1. The SMILES string of the molecule is CC(O)=C(N=Nc1cc(S(=O)(=O)Nc2cccc3cc(S(=O)(=O)O)ccc23)ccc1[O-])C(=O)Nc1ccccc1.CC([O-])=C(N=Nc1cc(S(=O)(=O)Nc2cccc3cc(S(=O)(=O)O)ccc23)ccc1[O-])C(=O)Nc1ccccc1.[Co+3]. The van der Waals surface area contributed by atoms with Gasteiger partial charge in [0.15, 0.2) is 5.70 Å². The summed E-state index contributed by atoms with van der Waals surface area (Å²) in [5.74, 6) is -4.29. The number of para-hydroxylation sites is 2. The molecule has 0 saturated carbocycles. The van der Waals surface area contributed by atoms with E-state index in [2.05, 4.69) is 40.5 Å². The summed E-state index contributed by atoms with van der Waals surface area (Å²) in [6.07, 6.45) is 0. The Hall–Kier alpha value is -9.07. The number of nitrogens with one attached hydrogen (secondary N) is 4. The Morgan fingerprint density at radius 3 is 1.21 bits per heavy atom. The van der Waals surface area contributed by atoms with Crippen LogP contribution in [0.4, 0.5) is 34.1 Å². The van der Waals surface area contributed by atoms with Crippen molar-refractivity contribution in [1.29, 1.82) is 0 Å². The van der Waals surface area contributed by atoms with Crippen LogP contribution in [0.2, 0.25) is 0 Å². The van der Waals surface area contributed by atoms with Crippen molar-refractivity contribution in [2.24, 2.45) is 20.5 Å². The Kier molecular flexibility index (Phi) is 19.1. The summed E-state index contributed by atoms with van der Waals surface area (Å²) in [7, 11) is -17.5. The smallest absolute Gasteiger partial charge is 0.874 e. The summed E-state index contributed by atoms with van der Waals surface area (Å²) in [5, 5.41) is 67.7. The number of carbonyl (C=O) groups is 2. The zero-order chi connectivity index (χ0) is 58.2. The Labute approximate surface area is 472 Å². The minimum absolute atomic E-state index is 0. The molecule has 81 heavy (non-hydrogen) atoms. The molecule has 2 amide bonds. The summed E-state index contributed by atoms with van der Waals surface area (Å²) in [6.45, 7) is 2.29. The predicted octanol–water partition coefficient (Wildman–Crippen LogP) is 7.75. The average Bonchev–Trinajstić information content (AvgIpc) is 3.43. The minimum atomic E-state index is -4.47. The standard InChI is InChI=1S/2C26H22N4O8S2.Co/c2*1-16(31)25(26(33)27-18-7-3-2-4-8-18)29-28-23-15-19(11-13-24(23)32)39(34,35)30-22-9-5-6-17-14-20(40(36,37)38)10-12-21(17)22;/h2*2-15,30-32H,1H3,(H,27,33)(H,36,37,38);/q;;+3/p-3. The Morgan fingerprint density at radius 2 is 0.840 bits per heavy atom. The summed E-state index contributed by atoms with van der Waals surface area (Å²) in [5.41, 5.74) is -0.925. The van der Waals surface area contributed by atoms with E-state index in [9.17, 15) is 72.8 Å². The van der Waals surface area contributed by atoms with Crippen LogP contribution in [0.5, 0.6) is 11.5 Å². The molecule has 0 aliphatic carbocycles. The first-order valence-electron chi connectivity index (χ1n) is 22.7. The molecule has 0 unspecified atom stereocenters. The van der Waals surface area contributed by atoms with Gasteiger partial charge in [-0.05, 0) is 103 Å². The molecule has 29 heteroatoms. The number of hydrogen-bond acceptors (Lipinski definition) is 18. The molecule has 0 atom stereocenters. The van der Waals surface area contributed by atoms with E-state index in [-0.39, 0.29) is 47.7 Å². The summed E-state index contributed by atoms with van der Waals surface area (Å²) < 4.78 is 122. The minimum Gasteiger partial charge on any atom is -0.874 e. The topological polar surface area (TPSA) is 398 Å². The molecule has 0 saturated heterocycles. The van der Waals surface area contributed by atoms with Gasteiger partial charge in [-0.3, -0.25) is 28.1 Å². The van der Waals surface area contributed by atoms with Gasteiger partial charge in [0.25, 0.3) is 52.1 Å². The van der Waals surface area contributed by atoms with E-state index in [4.69, 9.17) is 0 Å². The molecule has 8 rings (SSSR count). The second-order valence-electron chi connectivity index (χ2n) is 16.7. The Bertz CT molecular complexity index is 4060. The predicted molar refractivity (Wildman–Crippen MR) is 288 cm³/mol. The van der Waals surface area contributed by atoms with Crippen molar-refractivity contribution in [3.05, 3.63) is 193 Å². The number of benzene rings is 8. The average molecular weight is 1220 g/mol. The van der Waals surface area contributed by atoms with Crippen LogP contribution in [0, 0.1) is 0 Å². The van der Waals surface area contributed by atoms with Crippen LogP contribution in [-0.4, -0.2) is 59.7 Å². The number of hydrogen-bond donors (Lipinski definition) is 7. The van der Waals surface area contributed by atoms with E-state index in [0.717, 1.165) is 55.5 Å². The van der Waals surface area contributed by atoms with Crippen LogP contribution in [0.25, 0.3) is 21.5 Å². The molecule has 0 aliphatic heterocycles. The van der Waals surface area contributed by atoms with Gasteiger partial charge in [0.2, 0.25) is 0 Å². The van der Waals surface area contributed by atoms with E-state index in [1.54, 1.807) is 60.7 Å². The largest absolute Gasteiger partial charge is 3.00 e. The van der Waals surface area contributed by atoms with E-state index in [0.29, 0.717) is 32.9 Å². The number of azo groups is 2. The third-order valence-electron chi connectivity index (χ3n) is 11.0. The number of allylic oxidation sites excluding steroid dienone is 2. The van der Waals surface area contributed by atoms with Crippen LogP contribution >= 0.6 is 0 Å². The molecular formula is C52H41CoN8O16S4. The van der Waals surface area contributed by atoms with Gasteiger partial charge in [0.1, 0.15) is 11.5 Å². The van der Waals surface area contributed by atoms with Gasteiger partial charge in [0.05, 0.1) is 42.3 Å². The maximum absolute atomic E-state index is 13.2. The van der Waals surface area contributed by atoms with Gasteiger partial charge < -0.3 is 31.1 Å². The van der Waals surface area contributed by atoms with Crippen molar-refractivity contribution in [3.8, 4) is 11.5 Å². The normalized spacial score (nSPS) is 12.6. The number of carbonyl (C=O) groups excluding carboxylic acids is 2. The van der Waals surface area contributed by atoms with Crippen molar-refractivity contribution < 1.29 is 89.6 Å². The van der Waals surface area contributed by atoms with Crippen molar-refractivity contribution in [2.45, 2.75) is 33.4 Å². The monoisotopic (exact) mass is 1220 g/mol. The van der Waals surface area contributed by atoms with Gasteiger partial charge in [-0.15, -0.1) is 16.0 Å². The molecule has 8 aromatic rings. The van der Waals surface area contributed by atoms with E-state index in [1.807, 2.05) is 0 Å². The molecular weight excluding hydrogens is 1180 g/mol. The van der Waals surface area contributed by atoms with Crippen LogP contribution in [0.1, 0.15) is 13.8 Å². The molecule has 0 aliphatic rings. The fourth-order valence-electron chi connectivity index (χ4n) is 7.10. The van der Waals surface area contributed by atoms with Gasteiger partial charge in [-0.1, -0.05) is 103 Å². The van der Waals surface area contributed by atoms with Crippen LogP contribution in [-0.2, 0) is 66.7 Å². The van der Waals surface area contributed by atoms with Crippen LogP contribution in [0.15, 0.2) is 233 Å². The van der Waals surface area contributed by atoms with Crippen LogP contribution in [0.3, 0.4) is 0 Å². The van der Waals surface area contributed by atoms with Gasteiger partial charge in [-0.25, -0.2) is 16.8 Å². The van der Waals surface area contributed by atoms with Crippen molar-refractivity contribution in [3.63, 3.8) is 0 Å². The number of sulfonamides is 2. The first kappa shape index (κ1) is 61.1. The Balaban J connectivity index is 0.000000258. The van der Waals surface area contributed by atoms with Crippen molar-refractivity contribution in [2.75, 3.05) is 20.1 Å². The second-order valence-corrected chi connectivity index (χ2v) is 22.9. The molecule has 0 radical (unpaired) electrons. The number of anilines is 4. The molecule has 8 aromatic carbocycles. The molecule has 0 bridgehead atoms. The molecule has 0 fully saturated rings. The van der Waals surface area contributed by atoms with E-state index < -0.39 is 97.9 Å². The number of nitrogens with zero attached hydrogens (tertiary/aromatic N) is 4. The number of rotatable bonds is 16. The fraction of sp³-hybridized carbons (Fsp3) is 0.0385. The quantitative estimate of drug-likeness (QED) is 0.0210. The molecule has 0 aromatic heterocycles. The molecule has 0 heterocycles. The maximum Gasteiger partial charge on any atom is 3.00 e. The second kappa shape index (κ2) is 25.4. The molecule has 0 spiro atoms. The van der Waals surface area contributed by atoms with Gasteiger partial charge in [-0.2, -0.15) is 27.1 Å². The number of amides is 2. The van der Waals surface area contributed by atoms with Crippen molar-refractivity contribution >= 4 is 108 Å². The molecule has 418 valence electrons. The van der Waals surface area contributed by atoms with Crippen molar-refractivity contribution in [1.82, 2.24) is 0 Å². The van der Waals surface area contributed by atoms with E-state index >= 15 is 0 Å². The first-order valence-corrected chi connectivity index (χ1v) is 28.6. The fourth-order valence-corrected chi connectivity index (χ4v) is 10.3. The summed E-state index contributed by atoms with van der Waals surface area (Å²) in [4.78, 5) is 23.6. The van der Waals surface area contributed by atoms with Crippen LogP contribution < -0.4 is 35.4 Å². The molecule has 24 nitrogen and oxygen atoms in total.